The molecule has 0 aliphatic carbocycles. The number of methoxy groups -OCH3 is 3. The molecule has 0 saturated carbocycles. The van der Waals surface area contributed by atoms with Crippen LogP contribution in [-0.2, 0) is 9.59 Å². The number of carboxylic acids is 2. The van der Waals surface area contributed by atoms with E-state index in [0.717, 1.165) is 0 Å². The van der Waals surface area contributed by atoms with Gasteiger partial charge in [0.05, 0.1) is 21.3 Å². The van der Waals surface area contributed by atoms with Crippen LogP contribution in [-0.4, -0.2) is 49.5 Å². The summed E-state index contributed by atoms with van der Waals surface area (Å²) in [6, 6.07) is 2.06. The zero-order valence-corrected chi connectivity index (χ0v) is 12.6. The van der Waals surface area contributed by atoms with Gasteiger partial charge in [0.15, 0.2) is 11.5 Å². The lowest BCUT2D eigenvalue weighted by atomic mass is 10.1. The number of anilines is 1. The van der Waals surface area contributed by atoms with E-state index < -0.39 is 18.0 Å². The van der Waals surface area contributed by atoms with Gasteiger partial charge in [-0.2, -0.15) is 0 Å². The molecule has 0 aliphatic heterocycles. The van der Waals surface area contributed by atoms with Gasteiger partial charge in [-0.3, -0.25) is 4.79 Å². The first kappa shape index (κ1) is 17.4. The molecule has 0 bridgehead atoms. The predicted octanol–water partition coefficient (Wildman–Crippen LogP) is 1.44. The maximum absolute atomic E-state index is 11.2. The number of nitrogens with one attached hydrogen (secondary N) is 1. The minimum Gasteiger partial charge on any atom is -0.493 e. The molecule has 0 unspecified atom stereocenters. The molecule has 8 heteroatoms. The van der Waals surface area contributed by atoms with Gasteiger partial charge in [-0.05, 0) is 6.42 Å². The highest BCUT2D eigenvalue weighted by atomic mass is 16.5. The Balaban J connectivity index is 3.03. The minimum atomic E-state index is -1.14. The number of hydrogen-bond donors (Lipinski definition) is 3. The Morgan fingerprint density at radius 1 is 1.09 bits per heavy atom. The van der Waals surface area contributed by atoms with Crippen LogP contribution in [0.25, 0.3) is 0 Å². The summed E-state index contributed by atoms with van der Waals surface area (Å²) in [5.74, 6) is -1.08. The fraction of sp³-hybridized carbons (Fsp3) is 0.429. The summed E-state index contributed by atoms with van der Waals surface area (Å²) in [7, 11) is 4.35. The van der Waals surface area contributed by atoms with Crippen molar-refractivity contribution in [2.75, 3.05) is 26.6 Å². The Labute approximate surface area is 127 Å². The largest absolute Gasteiger partial charge is 0.493 e. The van der Waals surface area contributed by atoms with Crippen molar-refractivity contribution in [2.24, 2.45) is 0 Å². The second kappa shape index (κ2) is 7.96. The first-order valence-corrected chi connectivity index (χ1v) is 6.44. The fourth-order valence-electron chi connectivity index (χ4n) is 1.89. The molecule has 1 rings (SSSR count). The van der Waals surface area contributed by atoms with E-state index in [9.17, 15) is 9.59 Å². The minimum absolute atomic E-state index is 0.0542. The van der Waals surface area contributed by atoms with E-state index in [2.05, 4.69) is 5.32 Å². The van der Waals surface area contributed by atoms with Crippen LogP contribution in [0.2, 0.25) is 0 Å². The lowest BCUT2D eigenvalue weighted by molar-refractivity contribution is -0.139. The van der Waals surface area contributed by atoms with E-state index in [1.54, 1.807) is 12.1 Å². The molecule has 0 fully saturated rings. The number of carboxylic acid groups (broad SMARTS) is 2. The van der Waals surface area contributed by atoms with E-state index in [1.807, 2.05) is 0 Å². The molecule has 0 radical (unpaired) electrons. The number of hydrogen-bond acceptors (Lipinski definition) is 6. The molecule has 0 spiro atoms. The van der Waals surface area contributed by atoms with Crippen molar-refractivity contribution in [3.8, 4) is 17.2 Å². The number of rotatable bonds is 9. The molecule has 122 valence electrons. The highest BCUT2D eigenvalue weighted by Gasteiger charge is 2.20. The first-order chi connectivity index (χ1) is 10.4. The van der Waals surface area contributed by atoms with Crippen molar-refractivity contribution in [1.29, 1.82) is 0 Å². The van der Waals surface area contributed by atoms with Crippen LogP contribution in [0.15, 0.2) is 12.1 Å². The summed E-state index contributed by atoms with van der Waals surface area (Å²) in [6.07, 6.45) is -0.310. The van der Waals surface area contributed by atoms with E-state index in [1.165, 1.54) is 21.3 Å². The van der Waals surface area contributed by atoms with Gasteiger partial charge in [0.2, 0.25) is 5.75 Å². The van der Waals surface area contributed by atoms with Gasteiger partial charge in [0.25, 0.3) is 0 Å². The van der Waals surface area contributed by atoms with Gasteiger partial charge in [-0.1, -0.05) is 0 Å². The first-order valence-electron chi connectivity index (χ1n) is 6.44. The van der Waals surface area contributed by atoms with Crippen molar-refractivity contribution in [2.45, 2.75) is 18.9 Å². The summed E-state index contributed by atoms with van der Waals surface area (Å²) in [4.78, 5) is 21.8. The van der Waals surface area contributed by atoms with Crippen molar-refractivity contribution in [3.05, 3.63) is 12.1 Å². The van der Waals surface area contributed by atoms with Crippen molar-refractivity contribution < 1.29 is 34.0 Å². The standard InChI is InChI=1S/C14H19NO7/c1-20-10-6-8(7-11(21-2)13(10)22-3)15-9(14(18)19)4-5-12(16)17/h6-7,9,15H,4-5H2,1-3H3,(H,16,17)(H,18,19)/t9-/m0/s1. The second-order valence-corrected chi connectivity index (χ2v) is 4.38. The smallest absolute Gasteiger partial charge is 0.326 e. The number of ether oxygens (including phenoxy) is 3. The number of benzene rings is 1. The van der Waals surface area contributed by atoms with Crippen LogP contribution in [0, 0.1) is 0 Å². The van der Waals surface area contributed by atoms with Crippen molar-refractivity contribution >= 4 is 17.6 Å². The zero-order chi connectivity index (χ0) is 16.7. The maximum Gasteiger partial charge on any atom is 0.326 e. The predicted molar refractivity (Wildman–Crippen MR) is 78.0 cm³/mol. The normalized spacial score (nSPS) is 11.4. The van der Waals surface area contributed by atoms with Crippen molar-refractivity contribution in [3.63, 3.8) is 0 Å². The Bertz CT molecular complexity index is 519. The van der Waals surface area contributed by atoms with Crippen LogP contribution in [0.3, 0.4) is 0 Å². The highest BCUT2D eigenvalue weighted by Crippen LogP contribution is 2.40. The van der Waals surface area contributed by atoms with Crippen molar-refractivity contribution in [1.82, 2.24) is 0 Å². The third kappa shape index (κ3) is 4.44. The van der Waals surface area contributed by atoms with Gasteiger partial charge in [0.1, 0.15) is 6.04 Å². The average molecular weight is 313 g/mol. The Hall–Kier alpha value is -2.64. The Kier molecular flexibility index (Phi) is 6.30. The Morgan fingerprint density at radius 3 is 2.00 bits per heavy atom. The molecule has 3 N–H and O–H groups in total. The Morgan fingerprint density at radius 2 is 1.64 bits per heavy atom. The van der Waals surface area contributed by atoms with Crippen LogP contribution in [0.4, 0.5) is 5.69 Å². The summed E-state index contributed by atoms with van der Waals surface area (Å²) in [5, 5.41) is 20.6. The van der Waals surface area contributed by atoms with Crippen LogP contribution < -0.4 is 19.5 Å². The molecular formula is C14H19NO7. The molecule has 0 heterocycles. The molecule has 22 heavy (non-hydrogen) atoms. The number of carbonyl (C=O) groups is 2. The van der Waals surface area contributed by atoms with E-state index in [-0.39, 0.29) is 12.8 Å². The molecule has 0 aliphatic rings. The third-order valence-corrected chi connectivity index (χ3v) is 2.95. The van der Waals surface area contributed by atoms with E-state index in [4.69, 9.17) is 24.4 Å². The quantitative estimate of drug-likeness (QED) is 0.627. The molecule has 1 aromatic rings. The third-order valence-electron chi connectivity index (χ3n) is 2.95. The van der Waals surface area contributed by atoms with Crippen LogP contribution >= 0.6 is 0 Å². The summed E-state index contributed by atoms with van der Waals surface area (Å²) in [6.45, 7) is 0. The SMILES string of the molecule is COc1cc(N[C@@H](CCC(=O)O)C(=O)O)cc(OC)c1OC. The molecule has 0 saturated heterocycles. The second-order valence-electron chi connectivity index (χ2n) is 4.38. The summed E-state index contributed by atoms with van der Waals surface area (Å²) >= 11 is 0. The summed E-state index contributed by atoms with van der Waals surface area (Å²) < 4.78 is 15.5. The molecule has 1 aromatic carbocycles. The van der Waals surface area contributed by atoms with Gasteiger partial charge in [-0.25, -0.2) is 4.79 Å². The zero-order valence-electron chi connectivity index (χ0n) is 12.6. The fourth-order valence-corrected chi connectivity index (χ4v) is 1.89. The molecule has 8 nitrogen and oxygen atoms in total. The van der Waals surface area contributed by atoms with E-state index in [0.29, 0.717) is 22.9 Å². The summed E-state index contributed by atoms with van der Waals surface area (Å²) in [5.41, 5.74) is 0.423. The molecule has 0 amide bonds. The lowest BCUT2D eigenvalue weighted by Gasteiger charge is -2.18. The topological polar surface area (TPSA) is 114 Å². The lowest BCUT2D eigenvalue weighted by Crippen LogP contribution is -2.29. The van der Waals surface area contributed by atoms with Gasteiger partial charge >= 0.3 is 11.9 Å². The molecular weight excluding hydrogens is 294 g/mol. The van der Waals surface area contributed by atoms with Gasteiger partial charge < -0.3 is 29.7 Å². The van der Waals surface area contributed by atoms with Crippen LogP contribution in [0.1, 0.15) is 12.8 Å². The van der Waals surface area contributed by atoms with Gasteiger partial charge in [-0.15, -0.1) is 0 Å². The highest BCUT2D eigenvalue weighted by molar-refractivity contribution is 5.79. The van der Waals surface area contributed by atoms with Gasteiger partial charge in [0, 0.05) is 24.2 Å². The van der Waals surface area contributed by atoms with Crippen LogP contribution in [0.5, 0.6) is 17.2 Å². The number of aliphatic carboxylic acids is 2. The maximum atomic E-state index is 11.2. The average Bonchev–Trinajstić information content (AvgIpc) is 2.49. The molecule has 0 aromatic heterocycles. The molecule has 1 atom stereocenters. The monoisotopic (exact) mass is 313 g/mol. The van der Waals surface area contributed by atoms with E-state index >= 15 is 0 Å².